The van der Waals surface area contributed by atoms with Gasteiger partial charge in [0, 0.05) is 17.7 Å². The summed E-state index contributed by atoms with van der Waals surface area (Å²) in [5, 5.41) is 10.6. The van der Waals surface area contributed by atoms with Crippen molar-refractivity contribution in [1.29, 1.82) is 0 Å². The maximum absolute atomic E-state index is 12.5. The van der Waals surface area contributed by atoms with Crippen molar-refractivity contribution >= 4 is 29.0 Å². The number of nitro benzene ring substituents is 1. The molecule has 0 unspecified atom stereocenters. The Morgan fingerprint density at radius 3 is 2.19 bits per heavy atom. The van der Waals surface area contributed by atoms with Gasteiger partial charge in [-0.15, -0.1) is 0 Å². The van der Waals surface area contributed by atoms with Crippen LogP contribution in [0.1, 0.15) is 54.0 Å². The van der Waals surface area contributed by atoms with Gasteiger partial charge in [-0.05, 0) is 24.0 Å². The van der Waals surface area contributed by atoms with Crippen molar-refractivity contribution in [3.63, 3.8) is 0 Å². The molecule has 0 spiro atoms. The van der Waals surface area contributed by atoms with Crippen LogP contribution in [0.3, 0.4) is 0 Å². The van der Waals surface area contributed by atoms with E-state index in [0.29, 0.717) is 5.56 Å². The zero-order valence-electron chi connectivity index (χ0n) is 15.5. The summed E-state index contributed by atoms with van der Waals surface area (Å²) >= 11 is 5.92. The highest BCUT2D eigenvalue weighted by atomic mass is 35.5. The molecule has 0 aromatic heterocycles. The average Bonchev–Trinajstić information content (AvgIpc) is 2.60. The molecule has 142 valence electrons. The Bertz CT molecular complexity index is 884. The minimum atomic E-state index is -1.02. The SMILES string of the molecule is C[C@H](OC(=O)c1ccc([N+](=O)[O-])cc1Cl)C(=O)c1ccc(C(C)(C)C)cc1. The number of carbonyl (C=O) groups excluding carboxylic acids is 2. The zero-order valence-corrected chi connectivity index (χ0v) is 16.2. The third-order valence-electron chi connectivity index (χ3n) is 4.07. The number of halogens is 1. The molecule has 6 nitrogen and oxygen atoms in total. The molecular weight excluding hydrogens is 370 g/mol. The molecule has 0 saturated carbocycles. The summed E-state index contributed by atoms with van der Waals surface area (Å²) in [6, 6.07) is 10.6. The lowest BCUT2D eigenvalue weighted by atomic mass is 9.86. The maximum atomic E-state index is 12.5. The lowest BCUT2D eigenvalue weighted by Crippen LogP contribution is -2.24. The van der Waals surface area contributed by atoms with E-state index in [1.165, 1.54) is 13.0 Å². The van der Waals surface area contributed by atoms with Crippen LogP contribution < -0.4 is 0 Å². The van der Waals surface area contributed by atoms with Gasteiger partial charge < -0.3 is 4.74 Å². The molecule has 0 heterocycles. The van der Waals surface area contributed by atoms with Crippen LogP contribution in [0.15, 0.2) is 42.5 Å². The first-order chi connectivity index (χ1) is 12.5. The van der Waals surface area contributed by atoms with Crippen LogP contribution in [0, 0.1) is 10.1 Å². The van der Waals surface area contributed by atoms with Crippen molar-refractivity contribution in [3.05, 3.63) is 74.3 Å². The molecule has 2 aromatic carbocycles. The molecule has 1 atom stereocenters. The van der Waals surface area contributed by atoms with Gasteiger partial charge in [0.15, 0.2) is 6.10 Å². The van der Waals surface area contributed by atoms with Crippen LogP contribution in [0.25, 0.3) is 0 Å². The number of carbonyl (C=O) groups is 2. The first kappa shape index (κ1) is 20.6. The Morgan fingerprint density at radius 2 is 1.70 bits per heavy atom. The summed E-state index contributed by atoms with van der Waals surface area (Å²) < 4.78 is 5.19. The third kappa shape index (κ3) is 4.92. The lowest BCUT2D eigenvalue weighted by Gasteiger charge is -2.19. The molecule has 7 heteroatoms. The quantitative estimate of drug-likeness (QED) is 0.311. The molecular formula is C20H20ClNO5. The van der Waals surface area contributed by atoms with Crippen LogP contribution in [-0.2, 0) is 10.2 Å². The van der Waals surface area contributed by atoms with Gasteiger partial charge in [-0.2, -0.15) is 0 Å². The number of non-ortho nitro benzene ring substituents is 1. The normalized spacial score (nSPS) is 12.3. The summed E-state index contributed by atoms with van der Waals surface area (Å²) in [6.07, 6.45) is -1.02. The van der Waals surface area contributed by atoms with E-state index >= 15 is 0 Å². The molecule has 0 saturated heterocycles. The third-order valence-corrected chi connectivity index (χ3v) is 4.38. The van der Waals surface area contributed by atoms with Gasteiger partial charge in [-0.1, -0.05) is 56.6 Å². The first-order valence-corrected chi connectivity index (χ1v) is 8.68. The molecule has 2 aromatic rings. The molecule has 0 aliphatic heterocycles. The van der Waals surface area contributed by atoms with Gasteiger partial charge in [0.25, 0.3) is 5.69 Å². The van der Waals surface area contributed by atoms with Gasteiger partial charge in [-0.25, -0.2) is 4.79 Å². The van der Waals surface area contributed by atoms with Gasteiger partial charge in [-0.3, -0.25) is 14.9 Å². The Morgan fingerprint density at radius 1 is 1.11 bits per heavy atom. The number of nitro groups is 1. The Hall–Kier alpha value is -2.73. The molecule has 27 heavy (non-hydrogen) atoms. The van der Waals surface area contributed by atoms with E-state index in [2.05, 4.69) is 20.8 Å². The fourth-order valence-corrected chi connectivity index (χ4v) is 2.68. The van der Waals surface area contributed by atoms with Crippen molar-refractivity contribution in [2.75, 3.05) is 0 Å². The van der Waals surface area contributed by atoms with E-state index in [1.807, 2.05) is 12.1 Å². The number of hydrogen-bond acceptors (Lipinski definition) is 5. The molecule has 0 aliphatic carbocycles. The number of hydrogen-bond donors (Lipinski definition) is 0. The predicted molar refractivity (Wildman–Crippen MR) is 102 cm³/mol. The van der Waals surface area contributed by atoms with E-state index in [4.69, 9.17) is 16.3 Å². The van der Waals surface area contributed by atoms with E-state index < -0.39 is 17.0 Å². The van der Waals surface area contributed by atoms with Gasteiger partial charge in [0.1, 0.15) is 0 Å². The maximum Gasteiger partial charge on any atom is 0.340 e. The number of benzene rings is 2. The number of esters is 1. The Kier molecular flexibility index (Phi) is 6.01. The second-order valence-corrected chi connectivity index (χ2v) is 7.57. The number of nitrogens with zero attached hydrogens (tertiary/aromatic N) is 1. The number of ether oxygens (including phenoxy) is 1. The second-order valence-electron chi connectivity index (χ2n) is 7.16. The standard InChI is InChI=1S/C20H20ClNO5/c1-12(18(23)13-5-7-14(8-6-13)20(2,3)4)27-19(24)16-10-9-15(22(25)26)11-17(16)21/h5-12H,1-4H3/t12-/m0/s1. The zero-order chi connectivity index (χ0) is 20.4. The van der Waals surface area contributed by atoms with Gasteiger partial charge >= 0.3 is 5.97 Å². The highest BCUT2D eigenvalue weighted by Crippen LogP contribution is 2.25. The van der Waals surface area contributed by atoms with Crippen LogP contribution in [0.4, 0.5) is 5.69 Å². The van der Waals surface area contributed by atoms with Crippen LogP contribution in [-0.4, -0.2) is 22.8 Å². The van der Waals surface area contributed by atoms with Crippen LogP contribution in [0.5, 0.6) is 0 Å². The van der Waals surface area contributed by atoms with E-state index in [0.717, 1.165) is 17.7 Å². The fourth-order valence-electron chi connectivity index (χ4n) is 2.43. The topological polar surface area (TPSA) is 86.5 Å². The van der Waals surface area contributed by atoms with E-state index in [-0.39, 0.29) is 27.5 Å². The molecule has 0 bridgehead atoms. The lowest BCUT2D eigenvalue weighted by molar-refractivity contribution is -0.384. The summed E-state index contributed by atoms with van der Waals surface area (Å²) in [7, 11) is 0. The largest absolute Gasteiger partial charge is 0.451 e. The minimum absolute atomic E-state index is 0.0354. The molecule has 0 radical (unpaired) electrons. The summed E-state index contributed by atoms with van der Waals surface area (Å²) in [5.74, 6) is -1.16. The monoisotopic (exact) mass is 389 g/mol. The number of ketones is 1. The Balaban J connectivity index is 2.12. The minimum Gasteiger partial charge on any atom is -0.451 e. The van der Waals surface area contributed by atoms with Crippen LogP contribution >= 0.6 is 11.6 Å². The Labute approximate surface area is 162 Å². The average molecular weight is 390 g/mol. The van der Waals surface area contributed by atoms with Crippen molar-refractivity contribution in [2.45, 2.75) is 39.2 Å². The van der Waals surface area contributed by atoms with Crippen molar-refractivity contribution in [1.82, 2.24) is 0 Å². The smallest absolute Gasteiger partial charge is 0.340 e. The summed E-state index contributed by atoms with van der Waals surface area (Å²) in [4.78, 5) is 34.9. The van der Waals surface area contributed by atoms with Crippen molar-refractivity contribution in [3.8, 4) is 0 Å². The van der Waals surface area contributed by atoms with Crippen LogP contribution in [0.2, 0.25) is 5.02 Å². The van der Waals surface area contributed by atoms with Crippen molar-refractivity contribution < 1.29 is 19.2 Å². The van der Waals surface area contributed by atoms with Crippen molar-refractivity contribution in [2.24, 2.45) is 0 Å². The highest BCUT2D eigenvalue weighted by molar-refractivity contribution is 6.33. The second kappa shape index (κ2) is 7.88. The van der Waals surface area contributed by atoms with E-state index in [9.17, 15) is 19.7 Å². The highest BCUT2D eigenvalue weighted by Gasteiger charge is 2.23. The molecule has 2 rings (SSSR count). The number of rotatable bonds is 5. The summed E-state index contributed by atoms with van der Waals surface area (Å²) in [5.41, 5.74) is 1.20. The molecule has 0 amide bonds. The molecule has 0 N–H and O–H groups in total. The predicted octanol–water partition coefficient (Wildman–Crippen LogP) is 4.97. The summed E-state index contributed by atoms with van der Waals surface area (Å²) in [6.45, 7) is 7.68. The molecule has 0 aliphatic rings. The van der Waals surface area contributed by atoms with Gasteiger partial charge in [0.05, 0.1) is 15.5 Å². The molecule has 0 fully saturated rings. The van der Waals surface area contributed by atoms with E-state index in [1.54, 1.807) is 12.1 Å². The number of Topliss-reactive ketones (excluding diaryl/α,β-unsaturated/α-hetero) is 1. The van der Waals surface area contributed by atoms with Gasteiger partial charge in [0.2, 0.25) is 5.78 Å². The first-order valence-electron chi connectivity index (χ1n) is 8.30. The fraction of sp³-hybridized carbons (Fsp3) is 0.300.